The van der Waals surface area contributed by atoms with Gasteiger partial charge in [-0.3, -0.25) is 4.79 Å². The van der Waals surface area contributed by atoms with E-state index in [1.165, 1.54) is 12.7 Å². The van der Waals surface area contributed by atoms with E-state index in [2.05, 4.69) is 17.0 Å². The number of Topliss-reactive ketones (excluding diaryl/α,β-unsaturated/α-hetero) is 1. The summed E-state index contributed by atoms with van der Waals surface area (Å²) in [6, 6.07) is 0.0255. The minimum atomic E-state index is 0.00859. The van der Waals surface area contributed by atoms with Crippen LogP contribution in [-0.4, -0.2) is 26.6 Å². The van der Waals surface area contributed by atoms with Crippen molar-refractivity contribution in [3.63, 3.8) is 0 Å². The Morgan fingerprint density at radius 1 is 1.42 bits per heavy atom. The molecule has 106 valence electrons. The average molecular weight is 264 g/mol. The molecule has 0 bridgehead atoms. The maximum absolute atomic E-state index is 12.4. The third kappa shape index (κ3) is 3.62. The Labute approximate surface area is 114 Å². The van der Waals surface area contributed by atoms with Crippen molar-refractivity contribution < 1.29 is 4.79 Å². The van der Waals surface area contributed by atoms with Crippen molar-refractivity contribution in [2.75, 3.05) is 0 Å². The summed E-state index contributed by atoms with van der Waals surface area (Å²) in [6.45, 7) is 2.91. The van der Waals surface area contributed by atoms with Gasteiger partial charge in [0.1, 0.15) is 17.9 Å². The number of rotatable bonds is 5. The van der Waals surface area contributed by atoms with E-state index in [1.807, 2.05) is 4.68 Å². The van der Waals surface area contributed by atoms with E-state index in [4.69, 9.17) is 5.73 Å². The maximum atomic E-state index is 12.4. The number of aryl methyl sites for hydroxylation is 1. The van der Waals surface area contributed by atoms with Crippen LogP contribution in [0.3, 0.4) is 0 Å². The van der Waals surface area contributed by atoms with E-state index in [1.54, 1.807) is 0 Å². The normalized spacial score (nSPS) is 24.1. The molecule has 2 atom stereocenters. The molecule has 1 fully saturated rings. The smallest absolute Gasteiger partial charge is 0.145 e. The van der Waals surface area contributed by atoms with Crippen LogP contribution in [0.25, 0.3) is 0 Å². The van der Waals surface area contributed by atoms with E-state index in [9.17, 15) is 4.79 Å². The first-order chi connectivity index (χ1) is 9.22. The zero-order valence-corrected chi connectivity index (χ0v) is 11.7. The van der Waals surface area contributed by atoms with E-state index < -0.39 is 0 Å². The second kappa shape index (κ2) is 6.80. The lowest BCUT2D eigenvalue weighted by Crippen LogP contribution is -2.35. The van der Waals surface area contributed by atoms with E-state index in [0.717, 1.165) is 44.5 Å². The summed E-state index contributed by atoms with van der Waals surface area (Å²) < 4.78 is 1.83. The quantitative estimate of drug-likeness (QED) is 0.822. The van der Waals surface area contributed by atoms with Gasteiger partial charge in [-0.2, -0.15) is 5.10 Å². The molecule has 1 aromatic rings. The molecule has 0 aromatic carbocycles. The van der Waals surface area contributed by atoms with Crippen LogP contribution in [0.4, 0.5) is 0 Å². The van der Waals surface area contributed by atoms with Gasteiger partial charge in [-0.15, -0.1) is 0 Å². The van der Waals surface area contributed by atoms with Crippen LogP contribution in [0, 0.1) is 5.92 Å². The molecular weight excluding hydrogens is 240 g/mol. The number of nitrogens with zero attached hydrogens (tertiary/aromatic N) is 3. The van der Waals surface area contributed by atoms with Crippen molar-refractivity contribution in [1.29, 1.82) is 0 Å². The number of ketones is 1. The van der Waals surface area contributed by atoms with Gasteiger partial charge in [-0.05, 0) is 19.3 Å². The fourth-order valence-corrected chi connectivity index (χ4v) is 2.85. The highest BCUT2D eigenvalue weighted by Gasteiger charge is 2.27. The highest BCUT2D eigenvalue weighted by Crippen LogP contribution is 2.23. The molecule has 0 radical (unpaired) electrons. The van der Waals surface area contributed by atoms with Crippen molar-refractivity contribution in [3.8, 4) is 0 Å². The molecule has 0 saturated heterocycles. The number of carbonyl (C=O) groups is 1. The molecule has 1 heterocycles. The summed E-state index contributed by atoms with van der Waals surface area (Å²) in [5.74, 6) is 1.03. The monoisotopic (exact) mass is 264 g/mol. The number of nitrogens with two attached hydrogens (primary N) is 1. The summed E-state index contributed by atoms with van der Waals surface area (Å²) in [4.78, 5) is 16.6. The van der Waals surface area contributed by atoms with E-state index in [0.29, 0.717) is 6.42 Å². The van der Waals surface area contributed by atoms with Crippen LogP contribution < -0.4 is 5.73 Å². The summed E-state index contributed by atoms with van der Waals surface area (Å²) in [5, 5.41) is 4.16. The minimum absolute atomic E-state index is 0.00859. The molecular formula is C14H24N4O. The van der Waals surface area contributed by atoms with E-state index >= 15 is 0 Å². The Morgan fingerprint density at radius 2 is 2.21 bits per heavy atom. The topological polar surface area (TPSA) is 73.8 Å². The van der Waals surface area contributed by atoms with Gasteiger partial charge in [0.05, 0.1) is 6.42 Å². The average Bonchev–Trinajstić information content (AvgIpc) is 2.69. The molecule has 1 aromatic heterocycles. The second-order valence-corrected chi connectivity index (χ2v) is 5.45. The zero-order valence-electron chi connectivity index (χ0n) is 11.7. The third-order valence-corrected chi connectivity index (χ3v) is 3.95. The highest BCUT2D eigenvalue weighted by atomic mass is 16.1. The van der Waals surface area contributed by atoms with Gasteiger partial charge >= 0.3 is 0 Å². The lowest BCUT2D eigenvalue weighted by molar-refractivity contribution is -0.123. The Bertz CT molecular complexity index is 415. The van der Waals surface area contributed by atoms with Gasteiger partial charge in [-0.25, -0.2) is 9.67 Å². The number of carbonyl (C=O) groups excluding carboxylic acids is 1. The molecule has 2 N–H and O–H groups in total. The van der Waals surface area contributed by atoms with Crippen molar-refractivity contribution in [2.45, 2.75) is 64.5 Å². The van der Waals surface area contributed by atoms with Crippen molar-refractivity contribution >= 4 is 5.78 Å². The molecule has 0 spiro atoms. The Morgan fingerprint density at radius 3 is 3.00 bits per heavy atom. The van der Waals surface area contributed by atoms with Gasteiger partial charge in [0.2, 0.25) is 0 Å². The van der Waals surface area contributed by atoms with Gasteiger partial charge in [0, 0.05) is 18.5 Å². The first-order valence-electron chi connectivity index (χ1n) is 7.37. The summed E-state index contributed by atoms with van der Waals surface area (Å²) in [6.07, 6.45) is 8.27. The summed E-state index contributed by atoms with van der Waals surface area (Å²) in [7, 11) is 0. The standard InChI is InChI=1S/C14H24N4O/c1-2-8-18-14(16-10-17-18)9-13(19)11-6-4-3-5-7-12(11)15/h10-12H,2-9,15H2,1H3. The van der Waals surface area contributed by atoms with Crippen molar-refractivity contribution in [3.05, 3.63) is 12.2 Å². The van der Waals surface area contributed by atoms with Crippen LogP contribution in [0.2, 0.25) is 0 Å². The van der Waals surface area contributed by atoms with Crippen LogP contribution in [0.5, 0.6) is 0 Å². The first kappa shape index (κ1) is 14.2. The molecule has 5 nitrogen and oxygen atoms in total. The zero-order chi connectivity index (χ0) is 13.7. The molecule has 2 unspecified atom stereocenters. The van der Waals surface area contributed by atoms with Crippen molar-refractivity contribution in [1.82, 2.24) is 14.8 Å². The minimum Gasteiger partial charge on any atom is -0.327 e. The first-order valence-corrected chi connectivity index (χ1v) is 7.37. The molecule has 1 saturated carbocycles. The predicted octanol–water partition coefficient (Wildman–Crippen LogP) is 1.71. The molecule has 1 aliphatic carbocycles. The number of hydrogen-bond donors (Lipinski definition) is 1. The predicted molar refractivity (Wildman–Crippen MR) is 73.6 cm³/mol. The SMILES string of the molecule is CCCn1ncnc1CC(=O)C1CCCCCC1N. The molecule has 5 heteroatoms. The van der Waals surface area contributed by atoms with Crippen LogP contribution in [0.15, 0.2) is 6.33 Å². The second-order valence-electron chi connectivity index (χ2n) is 5.45. The van der Waals surface area contributed by atoms with Gasteiger partial charge in [-0.1, -0.05) is 26.2 Å². The fraction of sp³-hybridized carbons (Fsp3) is 0.786. The number of hydrogen-bond acceptors (Lipinski definition) is 4. The Kier molecular flexibility index (Phi) is 5.07. The number of aromatic nitrogens is 3. The van der Waals surface area contributed by atoms with Gasteiger partial charge in [0.15, 0.2) is 0 Å². The largest absolute Gasteiger partial charge is 0.327 e. The lowest BCUT2D eigenvalue weighted by atomic mass is 9.89. The maximum Gasteiger partial charge on any atom is 0.145 e. The highest BCUT2D eigenvalue weighted by molar-refractivity contribution is 5.83. The summed E-state index contributed by atoms with van der Waals surface area (Å²) >= 11 is 0. The molecule has 2 rings (SSSR count). The Balaban J connectivity index is 2.00. The van der Waals surface area contributed by atoms with Gasteiger partial charge < -0.3 is 5.73 Å². The van der Waals surface area contributed by atoms with Crippen LogP contribution in [-0.2, 0) is 17.8 Å². The fourth-order valence-electron chi connectivity index (χ4n) is 2.85. The molecule has 0 aliphatic heterocycles. The van der Waals surface area contributed by atoms with Crippen LogP contribution >= 0.6 is 0 Å². The summed E-state index contributed by atoms with van der Waals surface area (Å²) in [5.41, 5.74) is 6.14. The van der Waals surface area contributed by atoms with Crippen LogP contribution in [0.1, 0.15) is 51.3 Å². The van der Waals surface area contributed by atoms with E-state index in [-0.39, 0.29) is 17.7 Å². The molecule has 19 heavy (non-hydrogen) atoms. The third-order valence-electron chi connectivity index (χ3n) is 3.95. The van der Waals surface area contributed by atoms with Gasteiger partial charge in [0.25, 0.3) is 0 Å². The Hall–Kier alpha value is -1.23. The molecule has 0 amide bonds. The lowest BCUT2D eigenvalue weighted by Gasteiger charge is -2.19. The molecule has 1 aliphatic rings. The van der Waals surface area contributed by atoms with Crippen molar-refractivity contribution in [2.24, 2.45) is 11.7 Å².